The van der Waals surface area contributed by atoms with E-state index in [1.165, 1.54) is 0 Å². The lowest BCUT2D eigenvalue weighted by atomic mass is 9.94. The highest BCUT2D eigenvalue weighted by atomic mass is 16.3. The lowest BCUT2D eigenvalue weighted by molar-refractivity contribution is 0.0514. The van der Waals surface area contributed by atoms with Crippen molar-refractivity contribution in [2.24, 2.45) is 5.92 Å². The summed E-state index contributed by atoms with van der Waals surface area (Å²) in [6.07, 6.45) is 0.714. The lowest BCUT2D eigenvalue weighted by Crippen LogP contribution is -2.35. The summed E-state index contributed by atoms with van der Waals surface area (Å²) in [7, 11) is 3.76. The molecule has 0 saturated carbocycles. The van der Waals surface area contributed by atoms with Crippen molar-refractivity contribution in [1.29, 1.82) is 0 Å². The highest BCUT2D eigenvalue weighted by molar-refractivity contribution is 5.43. The van der Waals surface area contributed by atoms with Crippen LogP contribution in [0.4, 0.5) is 17.8 Å². The van der Waals surface area contributed by atoms with Crippen molar-refractivity contribution < 1.29 is 5.11 Å². The Bertz CT molecular complexity index is 447. The third-order valence-electron chi connectivity index (χ3n) is 2.83. The van der Waals surface area contributed by atoms with Crippen LogP contribution in [0.2, 0.25) is 0 Å². The van der Waals surface area contributed by atoms with E-state index < -0.39 is 5.60 Å². The molecule has 0 fully saturated rings. The average Bonchev–Trinajstić information content (AvgIpc) is 2.35. The molecule has 0 spiro atoms. The minimum absolute atomic E-state index is 0.396. The molecular formula is C14H28N6O. The van der Waals surface area contributed by atoms with Gasteiger partial charge >= 0.3 is 0 Å². The molecule has 1 unspecified atom stereocenters. The first-order chi connectivity index (χ1) is 9.73. The van der Waals surface area contributed by atoms with E-state index in [1.54, 1.807) is 0 Å². The fraction of sp³-hybridized carbons (Fsp3) is 0.786. The second-order valence-corrected chi connectivity index (χ2v) is 6.16. The summed E-state index contributed by atoms with van der Waals surface area (Å²) in [4.78, 5) is 14.8. The Morgan fingerprint density at radius 1 is 1.14 bits per heavy atom. The third kappa shape index (κ3) is 6.12. The van der Waals surface area contributed by atoms with E-state index in [9.17, 15) is 5.11 Å². The summed E-state index contributed by atoms with van der Waals surface area (Å²) in [6, 6.07) is 0. The van der Waals surface area contributed by atoms with Gasteiger partial charge in [-0.15, -0.1) is 0 Å². The summed E-state index contributed by atoms with van der Waals surface area (Å²) in [5, 5.41) is 16.5. The molecule has 1 rings (SSSR count). The number of rotatable bonds is 8. The lowest BCUT2D eigenvalue weighted by Gasteiger charge is -2.25. The molecule has 0 bridgehead atoms. The molecule has 120 valence electrons. The first kappa shape index (κ1) is 17.4. The van der Waals surface area contributed by atoms with E-state index >= 15 is 0 Å². The molecule has 1 heterocycles. The Morgan fingerprint density at radius 2 is 1.71 bits per heavy atom. The van der Waals surface area contributed by atoms with Crippen LogP contribution in [0.25, 0.3) is 0 Å². The zero-order valence-electron chi connectivity index (χ0n) is 13.9. The van der Waals surface area contributed by atoms with Gasteiger partial charge in [-0.3, -0.25) is 0 Å². The van der Waals surface area contributed by atoms with Crippen LogP contribution in [0.15, 0.2) is 0 Å². The molecule has 21 heavy (non-hydrogen) atoms. The first-order valence-corrected chi connectivity index (χ1v) is 7.37. The molecule has 0 aliphatic rings. The Balaban J connectivity index is 2.82. The third-order valence-corrected chi connectivity index (χ3v) is 2.83. The predicted molar refractivity (Wildman–Crippen MR) is 86.9 cm³/mol. The highest BCUT2D eigenvalue weighted by Crippen LogP contribution is 2.17. The number of aliphatic hydroxyl groups is 1. The summed E-state index contributed by atoms with van der Waals surface area (Å²) >= 11 is 0. The quantitative estimate of drug-likeness (QED) is 0.671. The Hall–Kier alpha value is -1.63. The van der Waals surface area contributed by atoms with Gasteiger partial charge in [-0.2, -0.15) is 15.0 Å². The standard InChI is InChI=1S/C14H28N6O/c1-7-15-11-17-12(19-13(18-11)20(5)6)16-9-14(4,21)8-10(2)3/h10,21H,7-9H2,1-6H3,(H2,15,16,17,18,19). The van der Waals surface area contributed by atoms with Gasteiger partial charge in [0.05, 0.1) is 5.60 Å². The summed E-state index contributed by atoms with van der Waals surface area (Å²) < 4.78 is 0. The minimum Gasteiger partial charge on any atom is -0.388 e. The molecule has 1 aromatic rings. The summed E-state index contributed by atoms with van der Waals surface area (Å²) in [5.74, 6) is 2.00. The van der Waals surface area contributed by atoms with E-state index in [2.05, 4.69) is 39.4 Å². The van der Waals surface area contributed by atoms with Crippen LogP contribution in [-0.2, 0) is 0 Å². The SMILES string of the molecule is CCNc1nc(NCC(C)(O)CC(C)C)nc(N(C)C)n1. The molecule has 1 atom stereocenters. The molecule has 7 nitrogen and oxygen atoms in total. The summed E-state index contributed by atoms with van der Waals surface area (Å²) in [6.45, 7) is 9.11. The van der Waals surface area contributed by atoms with E-state index in [-0.39, 0.29) is 0 Å². The van der Waals surface area contributed by atoms with Crippen molar-refractivity contribution in [2.45, 2.75) is 39.7 Å². The van der Waals surface area contributed by atoms with Crippen LogP contribution in [0.5, 0.6) is 0 Å². The van der Waals surface area contributed by atoms with E-state index in [4.69, 9.17) is 0 Å². The fourth-order valence-electron chi connectivity index (χ4n) is 2.10. The second kappa shape index (κ2) is 7.40. The summed E-state index contributed by atoms with van der Waals surface area (Å²) in [5.41, 5.74) is -0.794. The van der Waals surface area contributed by atoms with Gasteiger partial charge in [0, 0.05) is 27.2 Å². The van der Waals surface area contributed by atoms with Gasteiger partial charge in [0.25, 0.3) is 0 Å². The minimum atomic E-state index is -0.794. The van der Waals surface area contributed by atoms with Gasteiger partial charge < -0.3 is 20.6 Å². The van der Waals surface area contributed by atoms with E-state index in [0.717, 1.165) is 6.54 Å². The monoisotopic (exact) mass is 296 g/mol. The average molecular weight is 296 g/mol. The Morgan fingerprint density at radius 3 is 2.19 bits per heavy atom. The first-order valence-electron chi connectivity index (χ1n) is 7.37. The van der Waals surface area contributed by atoms with Crippen LogP contribution < -0.4 is 15.5 Å². The highest BCUT2D eigenvalue weighted by Gasteiger charge is 2.22. The topological polar surface area (TPSA) is 86.2 Å². The largest absolute Gasteiger partial charge is 0.388 e. The number of nitrogens with zero attached hydrogens (tertiary/aromatic N) is 4. The van der Waals surface area contributed by atoms with Crippen LogP contribution in [0.1, 0.15) is 34.1 Å². The second-order valence-electron chi connectivity index (χ2n) is 6.16. The van der Waals surface area contributed by atoms with Crippen molar-refractivity contribution >= 4 is 17.8 Å². The molecule has 3 N–H and O–H groups in total. The van der Waals surface area contributed by atoms with Crippen LogP contribution in [-0.4, -0.2) is 52.8 Å². The molecular weight excluding hydrogens is 268 g/mol. The van der Waals surface area contributed by atoms with Gasteiger partial charge in [-0.25, -0.2) is 0 Å². The maximum Gasteiger partial charge on any atom is 0.231 e. The van der Waals surface area contributed by atoms with E-state index in [1.807, 2.05) is 32.8 Å². The van der Waals surface area contributed by atoms with Crippen molar-refractivity contribution in [2.75, 3.05) is 42.7 Å². The van der Waals surface area contributed by atoms with Crippen molar-refractivity contribution in [3.05, 3.63) is 0 Å². The number of hydrogen-bond donors (Lipinski definition) is 3. The smallest absolute Gasteiger partial charge is 0.231 e. The number of anilines is 3. The van der Waals surface area contributed by atoms with Gasteiger partial charge in [0.15, 0.2) is 0 Å². The van der Waals surface area contributed by atoms with Crippen molar-refractivity contribution in [3.63, 3.8) is 0 Å². The molecule has 7 heteroatoms. The van der Waals surface area contributed by atoms with Crippen molar-refractivity contribution in [1.82, 2.24) is 15.0 Å². The maximum atomic E-state index is 10.3. The molecule has 0 amide bonds. The molecule has 0 radical (unpaired) electrons. The van der Waals surface area contributed by atoms with Gasteiger partial charge in [0.1, 0.15) is 0 Å². The Kier molecular flexibility index (Phi) is 6.14. The predicted octanol–water partition coefficient (Wildman–Crippen LogP) is 1.58. The molecule has 0 aliphatic heterocycles. The zero-order chi connectivity index (χ0) is 16.0. The number of hydrogen-bond acceptors (Lipinski definition) is 7. The molecule has 0 aliphatic carbocycles. The van der Waals surface area contributed by atoms with Gasteiger partial charge in [-0.05, 0) is 26.2 Å². The zero-order valence-corrected chi connectivity index (χ0v) is 13.9. The van der Waals surface area contributed by atoms with E-state index in [0.29, 0.717) is 36.7 Å². The van der Waals surface area contributed by atoms with Crippen LogP contribution >= 0.6 is 0 Å². The number of aromatic nitrogens is 3. The van der Waals surface area contributed by atoms with Gasteiger partial charge in [0.2, 0.25) is 17.8 Å². The van der Waals surface area contributed by atoms with Crippen LogP contribution in [0.3, 0.4) is 0 Å². The molecule has 0 aromatic carbocycles. The van der Waals surface area contributed by atoms with Gasteiger partial charge in [-0.1, -0.05) is 13.8 Å². The molecule has 1 aromatic heterocycles. The number of nitrogens with one attached hydrogen (secondary N) is 2. The maximum absolute atomic E-state index is 10.3. The fourth-order valence-corrected chi connectivity index (χ4v) is 2.10. The van der Waals surface area contributed by atoms with Crippen LogP contribution in [0, 0.1) is 5.92 Å². The Labute approximate surface area is 127 Å². The molecule has 0 saturated heterocycles. The normalized spacial score (nSPS) is 13.9. The van der Waals surface area contributed by atoms with Crippen molar-refractivity contribution in [3.8, 4) is 0 Å².